The molecule has 4 nitrogen and oxygen atoms in total. The van der Waals surface area contributed by atoms with Crippen LogP contribution in [0.1, 0.15) is 52.4 Å². The van der Waals surface area contributed by atoms with Crippen LogP contribution in [0.15, 0.2) is 0 Å². The molecular formula is C20H40N4. The Morgan fingerprint density at radius 1 is 0.833 bits per heavy atom. The first kappa shape index (κ1) is 18.6. The van der Waals surface area contributed by atoms with Crippen molar-refractivity contribution in [1.82, 2.24) is 20.0 Å². The molecular weight excluding hydrogens is 296 g/mol. The molecule has 3 aliphatic heterocycles. The van der Waals surface area contributed by atoms with Gasteiger partial charge in [-0.25, -0.2) is 0 Å². The predicted octanol–water partition coefficient (Wildman–Crippen LogP) is 2.26. The lowest BCUT2D eigenvalue weighted by atomic mass is 9.94. The molecule has 0 saturated carbocycles. The minimum atomic E-state index is 0.629. The summed E-state index contributed by atoms with van der Waals surface area (Å²) in [4.78, 5) is 8.05. The second-order valence-corrected chi connectivity index (χ2v) is 8.91. The minimum Gasteiger partial charge on any atom is -0.312 e. The van der Waals surface area contributed by atoms with Gasteiger partial charge in [-0.2, -0.15) is 0 Å². The van der Waals surface area contributed by atoms with Crippen LogP contribution in [0.3, 0.4) is 0 Å². The zero-order chi connectivity index (χ0) is 16.9. The van der Waals surface area contributed by atoms with Gasteiger partial charge in [-0.15, -0.1) is 0 Å². The van der Waals surface area contributed by atoms with Gasteiger partial charge in [-0.3, -0.25) is 0 Å². The number of rotatable bonds is 5. The van der Waals surface area contributed by atoms with Crippen molar-refractivity contribution in [2.24, 2.45) is 5.92 Å². The summed E-state index contributed by atoms with van der Waals surface area (Å²) >= 11 is 0. The van der Waals surface area contributed by atoms with E-state index in [0.717, 1.165) is 18.0 Å². The van der Waals surface area contributed by atoms with E-state index in [1.54, 1.807) is 0 Å². The van der Waals surface area contributed by atoms with Gasteiger partial charge < -0.3 is 20.0 Å². The molecule has 0 bridgehead atoms. The van der Waals surface area contributed by atoms with Gasteiger partial charge in [0.25, 0.3) is 0 Å². The molecule has 3 heterocycles. The van der Waals surface area contributed by atoms with Gasteiger partial charge in [-0.1, -0.05) is 13.8 Å². The molecule has 0 spiro atoms. The maximum Gasteiger partial charge on any atom is 0.0120 e. The molecule has 0 aromatic carbocycles. The van der Waals surface area contributed by atoms with Gasteiger partial charge in [-0.05, 0) is 90.8 Å². The summed E-state index contributed by atoms with van der Waals surface area (Å²) < 4.78 is 0. The molecule has 3 rings (SSSR count). The monoisotopic (exact) mass is 336 g/mol. The Morgan fingerprint density at radius 3 is 2.04 bits per heavy atom. The van der Waals surface area contributed by atoms with Crippen molar-refractivity contribution in [2.45, 2.75) is 70.5 Å². The molecule has 3 aliphatic rings. The molecule has 3 saturated heterocycles. The molecule has 0 atom stereocenters. The Labute approximate surface area is 149 Å². The van der Waals surface area contributed by atoms with Crippen molar-refractivity contribution >= 4 is 0 Å². The molecule has 140 valence electrons. The van der Waals surface area contributed by atoms with Crippen molar-refractivity contribution in [1.29, 1.82) is 0 Å². The van der Waals surface area contributed by atoms with Crippen LogP contribution in [0.5, 0.6) is 0 Å². The first-order valence-electron chi connectivity index (χ1n) is 10.5. The lowest BCUT2D eigenvalue weighted by molar-refractivity contribution is 0.0701. The molecule has 0 aromatic rings. The van der Waals surface area contributed by atoms with E-state index in [1.165, 1.54) is 84.3 Å². The lowest BCUT2D eigenvalue weighted by Crippen LogP contribution is -2.51. The summed E-state index contributed by atoms with van der Waals surface area (Å²) in [7, 11) is 2.27. The molecule has 0 aliphatic carbocycles. The van der Waals surface area contributed by atoms with Crippen LogP contribution in [0.4, 0.5) is 0 Å². The zero-order valence-corrected chi connectivity index (χ0v) is 16.3. The SMILES string of the molecule is CC(C)NC1CCN(C2CCN(CC3CCN(C)CC3)CC2)CC1. The predicted molar refractivity (Wildman–Crippen MR) is 103 cm³/mol. The minimum absolute atomic E-state index is 0.629. The van der Waals surface area contributed by atoms with Crippen molar-refractivity contribution in [3.05, 3.63) is 0 Å². The van der Waals surface area contributed by atoms with Gasteiger partial charge in [0.15, 0.2) is 0 Å². The maximum atomic E-state index is 3.72. The Hall–Kier alpha value is -0.160. The van der Waals surface area contributed by atoms with Crippen molar-refractivity contribution in [3.63, 3.8) is 0 Å². The highest BCUT2D eigenvalue weighted by molar-refractivity contribution is 4.86. The summed E-state index contributed by atoms with van der Waals surface area (Å²) in [5.41, 5.74) is 0. The van der Waals surface area contributed by atoms with Crippen LogP contribution in [-0.2, 0) is 0 Å². The summed E-state index contributed by atoms with van der Waals surface area (Å²) in [5, 5.41) is 3.72. The highest BCUT2D eigenvalue weighted by Gasteiger charge is 2.29. The average molecular weight is 337 g/mol. The van der Waals surface area contributed by atoms with Gasteiger partial charge in [0.05, 0.1) is 0 Å². The van der Waals surface area contributed by atoms with E-state index in [4.69, 9.17) is 0 Å². The van der Waals surface area contributed by atoms with Crippen LogP contribution in [0.25, 0.3) is 0 Å². The normalized spacial score (nSPS) is 28.0. The van der Waals surface area contributed by atoms with E-state index in [9.17, 15) is 0 Å². The van der Waals surface area contributed by atoms with E-state index < -0.39 is 0 Å². The van der Waals surface area contributed by atoms with Crippen molar-refractivity contribution in [3.8, 4) is 0 Å². The number of piperidine rings is 3. The summed E-state index contributed by atoms with van der Waals surface area (Å²) in [6, 6.07) is 2.24. The number of hydrogen-bond acceptors (Lipinski definition) is 4. The molecule has 3 fully saturated rings. The van der Waals surface area contributed by atoms with Crippen LogP contribution < -0.4 is 5.32 Å². The summed E-state index contributed by atoms with van der Waals surface area (Å²) in [6.45, 7) is 13.8. The molecule has 0 aromatic heterocycles. The first-order valence-corrected chi connectivity index (χ1v) is 10.5. The highest BCUT2D eigenvalue weighted by atomic mass is 15.2. The van der Waals surface area contributed by atoms with Crippen LogP contribution >= 0.6 is 0 Å². The molecule has 0 unspecified atom stereocenters. The summed E-state index contributed by atoms with van der Waals surface area (Å²) in [6.07, 6.45) is 8.30. The van der Waals surface area contributed by atoms with E-state index in [0.29, 0.717) is 6.04 Å². The third kappa shape index (κ3) is 5.42. The van der Waals surface area contributed by atoms with Gasteiger partial charge in [0, 0.05) is 24.7 Å². The fraction of sp³-hybridized carbons (Fsp3) is 1.00. The zero-order valence-electron chi connectivity index (χ0n) is 16.3. The number of nitrogens with zero attached hydrogens (tertiary/aromatic N) is 3. The Bertz CT molecular complexity index is 349. The Morgan fingerprint density at radius 2 is 1.46 bits per heavy atom. The standard InChI is InChI=1S/C20H40N4/c1-17(2)21-19-6-14-24(15-7-19)20-8-12-23(13-9-20)16-18-4-10-22(3)11-5-18/h17-21H,4-16H2,1-3H3. The Balaban J connectivity index is 1.34. The van der Waals surface area contributed by atoms with Crippen LogP contribution in [-0.4, -0.2) is 85.7 Å². The molecule has 24 heavy (non-hydrogen) atoms. The number of nitrogens with one attached hydrogen (secondary N) is 1. The second-order valence-electron chi connectivity index (χ2n) is 8.91. The smallest absolute Gasteiger partial charge is 0.0120 e. The summed E-state index contributed by atoms with van der Waals surface area (Å²) in [5.74, 6) is 0.954. The van der Waals surface area contributed by atoms with E-state index in [2.05, 4.69) is 40.9 Å². The van der Waals surface area contributed by atoms with Crippen molar-refractivity contribution in [2.75, 3.05) is 52.9 Å². The topological polar surface area (TPSA) is 21.8 Å². The van der Waals surface area contributed by atoms with Gasteiger partial charge in [0.2, 0.25) is 0 Å². The third-order valence-corrected chi connectivity index (χ3v) is 6.53. The number of likely N-dealkylation sites (tertiary alicyclic amines) is 3. The Kier molecular flexibility index (Phi) is 6.97. The van der Waals surface area contributed by atoms with E-state index >= 15 is 0 Å². The number of hydrogen-bond donors (Lipinski definition) is 1. The van der Waals surface area contributed by atoms with Crippen molar-refractivity contribution < 1.29 is 0 Å². The van der Waals surface area contributed by atoms with Gasteiger partial charge >= 0.3 is 0 Å². The fourth-order valence-corrected chi connectivity index (χ4v) is 4.98. The third-order valence-electron chi connectivity index (χ3n) is 6.53. The average Bonchev–Trinajstić information content (AvgIpc) is 2.58. The van der Waals surface area contributed by atoms with E-state index in [1.807, 2.05) is 0 Å². The molecule has 1 N–H and O–H groups in total. The maximum absolute atomic E-state index is 3.72. The van der Waals surface area contributed by atoms with Gasteiger partial charge in [0.1, 0.15) is 0 Å². The quantitative estimate of drug-likeness (QED) is 0.831. The van der Waals surface area contributed by atoms with E-state index in [-0.39, 0.29) is 0 Å². The van der Waals surface area contributed by atoms with Crippen LogP contribution in [0.2, 0.25) is 0 Å². The highest BCUT2D eigenvalue weighted by Crippen LogP contribution is 2.24. The largest absolute Gasteiger partial charge is 0.312 e. The second kappa shape index (κ2) is 8.98. The molecule has 0 amide bonds. The molecule has 0 radical (unpaired) electrons. The van der Waals surface area contributed by atoms with Crippen LogP contribution in [0, 0.1) is 5.92 Å². The fourth-order valence-electron chi connectivity index (χ4n) is 4.98. The lowest BCUT2D eigenvalue weighted by Gasteiger charge is -2.43. The molecule has 4 heteroatoms. The first-order chi connectivity index (χ1) is 11.6.